The van der Waals surface area contributed by atoms with Crippen molar-refractivity contribution in [3.8, 4) is 0 Å². The lowest BCUT2D eigenvalue weighted by Crippen LogP contribution is -2.44. The Morgan fingerprint density at radius 3 is 2.47 bits per heavy atom. The van der Waals surface area contributed by atoms with Crippen molar-refractivity contribution < 1.29 is 13.3 Å². The van der Waals surface area contributed by atoms with Gasteiger partial charge in [0, 0.05) is 32.5 Å². The van der Waals surface area contributed by atoms with E-state index in [1.807, 2.05) is 30.3 Å². The summed E-state index contributed by atoms with van der Waals surface area (Å²) >= 11 is 0. The van der Waals surface area contributed by atoms with Crippen molar-refractivity contribution in [3.05, 3.63) is 43.0 Å². The van der Waals surface area contributed by atoms with Crippen LogP contribution in [0.4, 0.5) is 5.69 Å². The molecule has 0 saturated heterocycles. The average Bonchev–Trinajstić information content (AvgIpc) is 2.48. The second-order valence-electron chi connectivity index (χ2n) is 4.09. The first-order valence-electron chi connectivity index (χ1n) is 6.40. The molecule has 0 fully saturated rings. The molecule has 0 atom stereocenters. The van der Waals surface area contributed by atoms with Crippen molar-refractivity contribution in [2.45, 2.75) is 12.5 Å². The van der Waals surface area contributed by atoms with Gasteiger partial charge in [-0.2, -0.15) is 0 Å². The minimum atomic E-state index is -2.51. The molecule has 0 radical (unpaired) electrons. The van der Waals surface area contributed by atoms with Gasteiger partial charge >= 0.3 is 8.80 Å². The molecule has 1 aromatic carbocycles. The van der Waals surface area contributed by atoms with Gasteiger partial charge in [-0.3, -0.25) is 0 Å². The normalized spacial score (nSPS) is 11.3. The molecular weight excluding hydrogens is 258 g/mol. The number of hydrogen-bond acceptors (Lipinski definition) is 4. The molecule has 0 bridgehead atoms. The van der Waals surface area contributed by atoms with Crippen LogP contribution in [0.5, 0.6) is 0 Å². The fraction of sp³-hybridized carbons (Fsp3) is 0.429. The Hall–Kier alpha value is -1.14. The number of benzene rings is 1. The monoisotopic (exact) mass is 281 g/mol. The first-order valence-corrected chi connectivity index (χ1v) is 8.33. The van der Waals surface area contributed by atoms with Gasteiger partial charge in [-0.25, -0.2) is 0 Å². The summed E-state index contributed by atoms with van der Waals surface area (Å²) in [5.74, 6) is 0. The first kappa shape index (κ1) is 15.9. The Morgan fingerprint density at radius 2 is 1.89 bits per heavy atom. The smallest absolute Gasteiger partial charge is 0.385 e. The van der Waals surface area contributed by atoms with E-state index in [-0.39, 0.29) is 0 Å². The second kappa shape index (κ2) is 8.87. The van der Waals surface area contributed by atoms with E-state index in [4.69, 9.17) is 13.3 Å². The maximum Gasteiger partial charge on any atom is 0.500 e. The lowest BCUT2D eigenvalue weighted by molar-refractivity contribution is 0.110. The van der Waals surface area contributed by atoms with Crippen molar-refractivity contribution in [2.24, 2.45) is 0 Å². The highest BCUT2D eigenvalue weighted by Crippen LogP contribution is 2.16. The van der Waals surface area contributed by atoms with Gasteiger partial charge in [0.2, 0.25) is 0 Å². The first-order chi connectivity index (χ1) is 9.26. The molecule has 0 spiro atoms. The number of rotatable bonds is 10. The standard InChI is InChI=1S/C14H23NO3Si/c1-4-12-18-19(16-2,17-3)13-8-11-15-14-9-6-5-7-10-14/h4-7,9-10,15H,1,8,11-13H2,2-3H3. The quantitative estimate of drug-likeness (QED) is 0.407. The van der Waals surface area contributed by atoms with Gasteiger partial charge in [0.25, 0.3) is 0 Å². The molecule has 0 saturated carbocycles. The topological polar surface area (TPSA) is 39.7 Å². The van der Waals surface area contributed by atoms with Crippen LogP contribution in [-0.4, -0.2) is 36.2 Å². The molecule has 5 heteroatoms. The van der Waals surface area contributed by atoms with E-state index < -0.39 is 8.80 Å². The summed E-state index contributed by atoms with van der Waals surface area (Å²) in [7, 11) is 0.771. The van der Waals surface area contributed by atoms with Crippen molar-refractivity contribution in [1.82, 2.24) is 0 Å². The molecule has 0 aliphatic carbocycles. The van der Waals surface area contributed by atoms with Crippen LogP contribution in [-0.2, 0) is 13.3 Å². The SMILES string of the molecule is C=CCO[Si](CCCNc1ccccc1)(OC)OC. The Morgan fingerprint density at radius 1 is 1.21 bits per heavy atom. The van der Waals surface area contributed by atoms with Gasteiger partial charge in [-0.05, 0) is 18.6 Å². The summed E-state index contributed by atoms with van der Waals surface area (Å²) in [6, 6.07) is 10.9. The zero-order valence-electron chi connectivity index (χ0n) is 11.7. The summed E-state index contributed by atoms with van der Waals surface area (Å²) in [6.07, 6.45) is 2.64. The third-order valence-corrected chi connectivity index (χ3v) is 5.62. The predicted molar refractivity (Wildman–Crippen MR) is 80.3 cm³/mol. The Labute approximate surface area is 116 Å². The van der Waals surface area contributed by atoms with Gasteiger partial charge < -0.3 is 18.6 Å². The molecule has 1 N–H and O–H groups in total. The second-order valence-corrected chi connectivity index (χ2v) is 7.06. The molecule has 4 nitrogen and oxygen atoms in total. The molecule has 0 heterocycles. The highest BCUT2D eigenvalue weighted by molar-refractivity contribution is 6.60. The summed E-state index contributed by atoms with van der Waals surface area (Å²) in [5.41, 5.74) is 1.12. The zero-order chi connectivity index (χ0) is 14.0. The number of nitrogens with one attached hydrogen (secondary N) is 1. The van der Waals surface area contributed by atoms with E-state index in [1.165, 1.54) is 0 Å². The van der Waals surface area contributed by atoms with Crippen molar-refractivity contribution in [1.29, 1.82) is 0 Å². The minimum absolute atomic E-state index is 0.458. The molecule has 106 valence electrons. The number of anilines is 1. The lowest BCUT2D eigenvalue weighted by Gasteiger charge is -2.25. The maximum atomic E-state index is 5.68. The highest BCUT2D eigenvalue weighted by Gasteiger charge is 2.37. The summed E-state index contributed by atoms with van der Waals surface area (Å²) in [4.78, 5) is 0. The van der Waals surface area contributed by atoms with Crippen LogP contribution in [0.15, 0.2) is 43.0 Å². The Bertz CT molecular complexity index is 355. The highest BCUT2D eigenvalue weighted by atomic mass is 28.4. The molecule has 1 aromatic rings. The van der Waals surface area contributed by atoms with Crippen molar-refractivity contribution in [2.75, 3.05) is 32.7 Å². The minimum Gasteiger partial charge on any atom is -0.385 e. The fourth-order valence-electron chi connectivity index (χ4n) is 1.76. The fourth-order valence-corrected chi connectivity index (χ4v) is 3.69. The molecular formula is C14H23NO3Si. The van der Waals surface area contributed by atoms with Gasteiger partial charge in [0.1, 0.15) is 0 Å². The van der Waals surface area contributed by atoms with Crippen LogP contribution in [0.2, 0.25) is 6.04 Å². The third-order valence-electron chi connectivity index (χ3n) is 2.81. The zero-order valence-corrected chi connectivity index (χ0v) is 12.7. The summed E-state index contributed by atoms with van der Waals surface area (Å²) in [6.45, 7) is 4.96. The van der Waals surface area contributed by atoms with Crippen LogP contribution in [0.3, 0.4) is 0 Å². The van der Waals surface area contributed by atoms with Gasteiger partial charge in [0.15, 0.2) is 0 Å². The maximum absolute atomic E-state index is 5.68. The van der Waals surface area contributed by atoms with Crippen LogP contribution in [0.1, 0.15) is 6.42 Å². The van der Waals surface area contributed by atoms with E-state index >= 15 is 0 Å². The molecule has 0 aliphatic heterocycles. The molecule has 19 heavy (non-hydrogen) atoms. The molecule has 0 unspecified atom stereocenters. The van der Waals surface area contributed by atoms with E-state index in [0.29, 0.717) is 6.61 Å². The summed E-state index contributed by atoms with van der Waals surface area (Å²) < 4.78 is 16.6. The Kier molecular flexibility index (Phi) is 7.43. The van der Waals surface area contributed by atoms with Gasteiger partial charge in [-0.1, -0.05) is 24.3 Å². The molecule has 0 aromatic heterocycles. The van der Waals surface area contributed by atoms with E-state index in [1.54, 1.807) is 20.3 Å². The van der Waals surface area contributed by atoms with Crippen LogP contribution < -0.4 is 5.32 Å². The summed E-state index contributed by atoms with van der Waals surface area (Å²) in [5, 5.41) is 3.36. The van der Waals surface area contributed by atoms with Crippen molar-refractivity contribution in [3.63, 3.8) is 0 Å². The molecule has 0 aliphatic rings. The molecule has 1 rings (SSSR count). The number of hydrogen-bond donors (Lipinski definition) is 1. The predicted octanol–water partition coefficient (Wildman–Crippen LogP) is 2.92. The van der Waals surface area contributed by atoms with Crippen LogP contribution >= 0.6 is 0 Å². The lowest BCUT2D eigenvalue weighted by atomic mass is 10.3. The average molecular weight is 281 g/mol. The Balaban J connectivity index is 2.33. The van der Waals surface area contributed by atoms with Gasteiger partial charge in [-0.15, -0.1) is 6.58 Å². The van der Waals surface area contributed by atoms with E-state index in [0.717, 1.165) is 24.7 Å². The van der Waals surface area contributed by atoms with E-state index in [9.17, 15) is 0 Å². The van der Waals surface area contributed by atoms with Crippen LogP contribution in [0, 0.1) is 0 Å². The molecule has 0 amide bonds. The van der Waals surface area contributed by atoms with E-state index in [2.05, 4.69) is 11.9 Å². The number of para-hydroxylation sites is 1. The van der Waals surface area contributed by atoms with Crippen molar-refractivity contribution >= 4 is 14.5 Å². The van der Waals surface area contributed by atoms with Gasteiger partial charge in [0.05, 0.1) is 6.61 Å². The largest absolute Gasteiger partial charge is 0.500 e. The third kappa shape index (κ3) is 5.57. The van der Waals surface area contributed by atoms with Crippen LogP contribution in [0.25, 0.3) is 0 Å².